The first-order valence-electron chi connectivity index (χ1n) is 3.52. The normalized spacial score (nSPS) is 24.7. The molecule has 0 aliphatic heterocycles. The minimum atomic E-state index is 0. The van der Waals surface area contributed by atoms with Gasteiger partial charge in [0.2, 0.25) is 0 Å². The van der Waals surface area contributed by atoms with Gasteiger partial charge in [0.25, 0.3) is 0 Å². The van der Waals surface area contributed by atoms with Gasteiger partial charge in [-0.15, -0.1) is 12.4 Å². The fraction of sp³-hybridized carbons (Fsp3) is 0.875. The summed E-state index contributed by atoms with van der Waals surface area (Å²) in [4.78, 5) is 0. The van der Waals surface area contributed by atoms with E-state index in [2.05, 4.69) is 20.3 Å². The Hall–Kier alpha value is 0.290. The van der Waals surface area contributed by atoms with Crippen LogP contribution in [0, 0.1) is 11.8 Å². The second-order valence-electron chi connectivity index (χ2n) is 3.53. The summed E-state index contributed by atoms with van der Waals surface area (Å²) in [5.74, 6) is 0. The van der Waals surface area contributed by atoms with Crippen molar-refractivity contribution in [2.75, 3.05) is 0 Å². The van der Waals surface area contributed by atoms with Gasteiger partial charge in [0, 0.05) is 0 Å². The molecule has 1 saturated carbocycles. The van der Waals surface area contributed by atoms with Crippen LogP contribution in [0.15, 0.2) is 0 Å². The molecule has 0 bridgehead atoms. The predicted molar refractivity (Wildman–Crippen MR) is 43.8 cm³/mol. The van der Waals surface area contributed by atoms with E-state index in [0.29, 0.717) is 5.41 Å². The number of halogens is 1. The van der Waals surface area contributed by atoms with E-state index in [4.69, 9.17) is 0 Å². The fourth-order valence-electron chi connectivity index (χ4n) is 1.25. The van der Waals surface area contributed by atoms with Crippen molar-refractivity contribution in [1.29, 1.82) is 0 Å². The molecule has 55 valence electrons. The Bertz CT molecular complexity index is 68.6. The Balaban J connectivity index is 0.000000640. The highest BCUT2D eigenvalue weighted by Gasteiger charge is 2.20. The lowest BCUT2D eigenvalue weighted by Gasteiger charge is -2.28. The van der Waals surface area contributed by atoms with Crippen LogP contribution in [0.3, 0.4) is 0 Å². The van der Waals surface area contributed by atoms with E-state index in [9.17, 15) is 0 Å². The van der Waals surface area contributed by atoms with E-state index < -0.39 is 0 Å². The second kappa shape index (κ2) is 3.46. The van der Waals surface area contributed by atoms with E-state index >= 15 is 0 Å². The Kier molecular flexibility index (Phi) is 3.57. The summed E-state index contributed by atoms with van der Waals surface area (Å²) in [7, 11) is 0. The smallest absolute Gasteiger partial charge is 0.0354 e. The summed E-state index contributed by atoms with van der Waals surface area (Å²) in [5.41, 5.74) is 0.648. The summed E-state index contributed by atoms with van der Waals surface area (Å²) in [6.45, 7) is 4.72. The molecule has 1 aliphatic carbocycles. The highest BCUT2D eigenvalue weighted by Crippen LogP contribution is 2.33. The van der Waals surface area contributed by atoms with Crippen LogP contribution in [0.5, 0.6) is 0 Å². The van der Waals surface area contributed by atoms with Crippen LogP contribution in [0.2, 0.25) is 0 Å². The van der Waals surface area contributed by atoms with Crippen molar-refractivity contribution >= 4 is 12.4 Å². The van der Waals surface area contributed by atoms with Gasteiger partial charge in [0.15, 0.2) is 0 Å². The van der Waals surface area contributed by atoms with E-state index in [0.717, 1.165) is 0 Å². The quantitative estimate of drug-likeness (QED) is 0.494. The SMILES string of the molecule is CC1(C)CC[CH]CC1.Cl. The number of rotatable bonds is 0. The van der Waals surface area contributed by atoms with Crippen LogP contribution in [0.25, 0.3) is 0 Å². The molecule has 1 heteroatoms. The lowest BCUT2D eigenvalue weighted by molar-refractivity contribution is 0.276. The monoisotopic (exact) mass is 147 g/mol. The van der Waals surface area contributed by atoms with Crippen molar-refractivity contribution in [1.82, 2.24) is 0 Å². The molecule has 0 atom stereocenters. The molecule has 1 aliphatic rings. The Morgan fingerprint density at radius 1 is 1.11 bits per heavy atom. The first-order valence-corrected chi connectivity index (χ1v) is 3.52. The third-order valence-electron chi connectivity index (χ3n) is 2.05. The minimum Gasteiger partial charge on any atom is -0.147 e. The topological polar surface area (TPSA) is 0 Å². The van der Waals surface area contributed by atoms with Crippen molar-refractivity contribution in [3.8, 4) is 0 Å². The Labute approximate surface area is 64.4 Å². The molecule has 0 nitrogen and oxygen atoms in total. The molecule has 0 N–H and O–H groups in total. The van der Waals surface area contributed by atoms with Gasteiger partial charge in [-0.25, -0.2) is 0 Å². The number of hydrogen-bond donors (Lipinski definition) is 0. The van der Waals surface area contributed by atoms with Crippen LogP contribution < -0.4 is 0 Å². The van der Waals surface area contributed by atoms with Crippen LogP contribution >= 0.6 is 12.4 Å². The zero-order chi connectivity index (χ0) is 6.04. The molecular formula is C8H16Cl. The molecular weight excluding hydrogens is 132 g/mol. The van der Waals surface area contributed by atoms with Gasteiger partial charge in [-0.2, -0.15) is 0 Å². The van der Waals surface area contributed by atoms with Gasteiger partial charge in [0.1, 0.15) is 0 Å². The molecule has 0 unspecified atom stereocenters. The van der Waals surface area contributed by atoms with Crippen LogP contribution in [0.1, 0.15) is 39.5 Å². The Morgan fingerprint density at radius 3 is 1.78 bits per heavy atom. The molecule has 0 aromatic carbocycles. The maximum atomic E-state index is 2.41. The summed E-state index contributed by atoms with van der Waals surface area (Å²) in [6, 6.07) is 0. The second-order valence-corrected chi connectivity index (χ2v) is 3.53. The summed E-state index contributed by atoms with van der Waals surface area (Å²) < 4.78 is 0. The average Bonchev–Trinajstić information content (AvgIpc) is 1.65. The Morgan fingerprint density at radius 2 is 1.56 bits per heavy atom. The zero-order valence-corrected chi connectivity index (χ0v) is 7.13. The molecule has 0 saturated heterocycles. The minimum absolute atomic E-state index is 0. The van der Waals surface area contributed by atoms with Gasteiger partial charge in [-0.05, 0) is 37.5 Å². The van der Waals surface area contributed by atoms with Crippen molar-refractivity contribution < 1.29 is 0 Å². The van der Waals surface area contributed by atoms with Crippen LogP contribution in [-0.4, -0.2) is 0 Å². The zero-order valence-electron chi connectivity index (χ0n) is 6.31. The molecule has 0 heterocycles. The lowest BCUT2D eigenvalue weighted by atomic mass is 9.78. The van der Waals surface area contributed by atoms with Gasteiger partial charge >= 0.3 is 0 Å². The van der Waals surface area contributed by atoms with E-state index in [1.807, 2.05) is 0 Å². The van der Waals surface area contributed by atoms with Gasteiger partial charge in [-0.1, -0.05) is 13.8 Å². The molecule has 1 rings (SSSR count). The maximum absolute atomic E-state index is 2.41. The van der Waals surface area contributed by atoms with Crippen molar-refractivity contribution in [3.63, 3.8) is 0 Å². The highest BCUT2D eigenvalue weighted by molar-refractivity contribution is 5.85. The molecule has 0 aromatic heterocycles. The third kappa shape index (κ3) is 3.10. The highest BCUT2D eigenvalue weighted by atomic mass is 35.5. The van der Waals surface area contributed by atoms with Crippen LogP contribution in [-0.2, 0) is 0 Å². The summed E-state index contributed by atoms with van der Waals surface area (Å²) in [6.07, 6.45) is 7.88. The fourth-order valence-corrected chi connectivity index (χ4v) is 1.25. The number of hydrogen-bond acceptors (Lipinski definition) is 0. The van der Waals surface area contributed by atoms with E-state index in [-0.39, 0.29) is 12.4 Å². The lowest BCUT2D eigenvalue weighted by Crippen LogP contribution is -2.14. The van der Waals surface area contributed by atoms with E-state index in [1.165, 1.54) is 25.7 Å². The summed E-state index contributed by atoms with van der Waals surface area (Å²) in [5, 5.41) is 0. The van der Waals surface area contributed by atoms with Gasteiger partial charge in [0.05, 0.1) is 0 Å². The molecule has 0 spiro atoms. The molecule has 0 amide bonds. The van der Waals surface area contributed by atoms with Crippen molar-refractivity contribution in [2.24, 2.45) is 5.41 Å². The largest absolute Gasteiger partial charge is 0.147 e. The predicted octanol–water partition coefficient (Wildman–Crippen LogP) is 3.21. The first kappa shape index (κ1) is 9.29. The maximum Gasteiger partial charge on any atom is -0.0354 e. The summed E-state index contributed by atoms with van der Waals surface area (Å²) >= 11 is 0. The van der Waals surface area contributed by atoms with E-state index in [1.54, 1.807) is 0 Å². The van der Waals surface area contributed by atoms with Gasteiger partial charge < -0.3 is 0 Å². The average molecular weight is 148 g/mol. The standard InChI is InChI=1S/C8H15.ClH/c1-8(2)6-4-3-5-7-8;/h3H,4-7H2,1-2H3;1H. The molecule has 0 aromatic rings. The van der Waals surface area contributed by atoms with Crippen LogP contribution in [0.4, 0.5) is 0 Å². The first-order chi connectivity index (χ1) is 3.71. The molecule has 1 radical (unpaired) electrons. The molecule has 9 heavy (non-hydrogen) atoms. The van der Waals surface area contributed by atoms with Crippen molar-refractivity contribution in [3.05, 3.63) is 6.42 Å². The third-order valence-corrected chi connectivity index (χ3v) is 2.05. The van der Waals surface area contributed by atoms with Gasteiger partial charge in [-0.3, -0.25) is 0 Å². The van der Waals surface area contributed by atoms with Crippen molar-refractivity contribution in [2.45, 2.75) is 39.5 Å². The molecule has 1 fully saturated rings.